The molecule has 3 rings (SSSR count). The molecule has 90 valence electrons. The van der Waals surface area contributed by atoms with E-state index in [2.05, 4.69) is 15.0 Å². The summed E-state index contributed by atoms with van der Waals surface area (Å²) < 4.78 is 13.6. The Morgan fingerprint density at radius 1 is 1.33 bits per heavy atom. The van der Waals surface area contributed by atoms with E-state index >= 15 is 0 Å². The van der Waals surface area contributed by atoms with Crippen molar-refractivity contribution in [3.63, 3.8) is 0 Å². The van der Waals surface area contributed by atoms with E-state index in [0.717, 1.165) is 0 Å². The molecule has 0 aliphatic rings. The molecule has 0 aliphatic carbocycles. The molecule has 6 heteroatoms. The Morgan fingerprint density at radius 2 is 2.17 bits per heavy atom. The Labute approximate surface area is 100 Å². The summed E-state index contributed by atoms with van der Waals surface area (Å²) in [5.41, 5.74) is 5.50. The molecule has 1 aromatic carbocycles. The molecule has 0 aliphatic heterocycles. The van der Waals surface area contributed by atoms with Crippen LogP contribution in [0.15, 0.2) is 29.1 Å². The van der Waals surface area contributed by atoms with Crippen LogP contribution < -0.4 is 11.3 Å². The number of hydrogen-bond acceptors (Lipinski definition) is 4. The van der Waals surface area contributed by atoms with Crippen molar-refractivity contribution in [2.24, 2.45) is 5.73 Å². The number of nitrogens with zero attached hydrogens (tertiary/aromatic N) is 2. The summed E-state index contributed by atoms with van der Waals surface area (Å²) in [6.45, 7) is 0.0994. The van der Waals surface area contributed by atoms with Gasteiger partial charge in [-0.1, -0.05) is 12.1 Å². The van der Waals surface area contributed by atoms with Crippen LogP contribution in [0.2, 0.25) is 0 Å². The van der Waals surface area contributed by atoms with Gasteiger partial charge in [-0.2, -0.15) is 0 Å². The summed E-state index contributed by atoms with van der Waals surface area (Å²) in [5, 5.41) is 0.889. The number of aromatic amines is 1. The molecule has 0 saturated carbocycles. The van der Waals surface area contributed by atoms with Gasteiger partial charge in [-0.25, -0.2) is 14.4 Å². The predicted molar refractivity (Wildman–Crippen MR) is 65.5 cm³/mol. The number of H-pyrrole nitrogens is 1. The van der Waals surface area contributed by atoms with Crippen LogP contribution in [-0.2, 0) is 6.54 Å². The Bertz CT molecular complexity index is 812. The van der Waals surface area contributed by atoms with Crippen LogP contribution in [-0.4, -0.2) is 15.0 Å². The van der Waals surface area contributed by atoms with Gasteiger partial charge in [0.25, 0.3) is 5.56 Å². The number of rotatable bonds is 1. The molecule has 3 N–H and O–H groups in total. The van der Waals surface area contributed by atoms with Gasteiger partial charge in [0, 0.05) is 5.39 Å². The van der Waals surface area contributed by atoms with Gasteiger partial charge in [-0.15, -0.1) is 0 Å². The van der Waals surface area contributed by atoms with E-state index in [0.29, 0.717) is 16.6 Å². The van der Waals surface area contributed by atoms with Gasteiger partial charge in [0.2, 0.25) is 0 Å². The van der Waals surface area contributed by atoms with Crippen molar-refractivity contribution >= 4 is 21.9 Å². The first-order valence-corrected chi connectivity index (χ1v) is 5.37. The van der Waals surface area contributed by atoms with E-state index in [1.165, 1.54) is 6.07 Å². The SMILES string of the molecule is NCc1nc2nc3c(F)cccc3cc2c(=O)[nH]1. The fourth-order valence-electron chi connectivity index (χ4n) is 1.86. The average molecular weight is 244 g/mol. The maximum atomic E-state index is 13.6. The highest BCUT2D eigenvalue weighted by atomic mass is 19.1. The van der Waals surface area contributed by atoms with Gasteiger partial charge >= 0.3 is 0 Å². The topological polar surface area (TPSA) is 84.7 Å². The van der Waals surface area contributed by atoms with Crippen molar-refractivity contribution in [1.29, 1.82) is 0 Å². The highest BCUT2D eigenvalue weighted by Crippen LogP contribution is 2.18. The third kappa shape index (κ3) is 1.54. The summed E-state index contributed by atoms with van der Waals surface area (Å²) in [4.78, 5) is 22.5. The fourth-order valence-corrected chi connectivity index (χ4v) is 1.86. The number of para-hydroxylation sites is 1. The second-order valence-electron chi connectivity index (χ2n) is 3.89. The van der Waals surface area contributed by atoms with Gasteiger partial charge in [0.15, 0.2) is 5.65 Å². The molecule has 2 aromatic heterocycles. The normalized spacial score (nSPS) is 11.2. The number of aromatic nitrogens is 3. The molecular weight excluding hydrogens is 235 g/mol. The predicted octanol–water partition coefficient (Wildman–Crippen LogP) is 1.07. The van der Waals surface area contributed by atoms with Crippen LogP contribution >= 0.6 is 0 Å². The molecular formula is C12H9FN4O. The molecule has 0 spiro atoms. The van der Waals surface area contributed by atoms with Gasteiger partial charge in [0.05, 0.1) is 11.9 Å². The Morgan fingerprint density at radius 3 is 2.94 bits per heavy atom. The van der Waals surface area contributed by atoms with Gasteiger partial charge in [-0.3, -0.25) is 4.79 Å². The first kappa shape index (κ1) is 10.8. The largest absolute Gasteiger partial charge is 0.324 e. The molecule has 3 aromatic rings. The first-order chi connectivity index (χ1) is 8.69. The molecule has 0 fully saturated rings. The number of nitrogens with one attached hydrogen (secondary N) is 1. The molecule has 0 saturated heterocycles. The van der Waals surface area contributed by atoms with E-state index < -0.39 is 5.82 Å². The van der Waals surface area contributed by atoms with Gasteiger partial charge < -0.3 is 10.7 Å². The number of hydrogen-bond donors (Lipinski definition) is 2. The zero-order valence-corrected chi connectivity index (χ0v) is 9.27. The molecule has 5 nitrogen and oxygen atoms in total. The third-order valence-electron chi connectivity index (χ3n) is 2.71. The van der Waals surface area contributed by atoms with Crippen molar-refractivity contribution in [2.75, 3.05) is 0 Å². The van der Waals surface area contributed by atoms with Crippen LogP contribution in [0.3, 0.4) is 0 Å². The fraction of sp³-hybridized carbons (Fsp3) is 0.0833. The minimum atomic E-state index is -0.439. The maximum absolute atomic E-state index is 13.6. The number of pyridine rings is 1. The lowest BCUT2D eigenvalue weighted by Gasteiger charge is -2.03. The number of nitrogens with two attached hydrogens (primary N) is 1. The van der Waals surface area contributed by atoms with Gasteiger partial charge in [0.1, 0.15) is 17.2 Å². The lowest BCUT2D eigenvalue weighted by molar-refractivity contribution is 0.637. The second kappa shape index (κ2) is 3.85. The lowest BCUT2D eigenvalue weighted by atomic mass is 10.2. The standard InChI is InChI=1S/C12H9FN4O/c13-8-3-1-2-6-4-7-11(17-10(6)8)15-9(5-14)16-12(7)18/h1-4H,5,14H2,(H,15,16,17,18). The highest BCUT2D eigenvalue weighted by molar-refractivity contribution is 5.90. The van der Waals surface area contributed by atoms with Crippen molar-refractivity contribution in [1.82, 2.24) is 15.0 Å². The van der Waals surface area contributed by atoms with Crippen molar-refractivity contribution < 1.29 is 4.39 Å². The molecule has 2 heterocycles. The van der Waals surface area contributed by atoms with E-state index in [1.807, 2.05) is 0 Å². The van der Waals surface area contributed by atoms with Crippen LogP contribution in [0.1, 0.15) is 5.82 Å². The molecule has 0 bridgehead atoms. The molecule has 18 heavy (non-hydrogen) atoms. The molecule has 0 atom stereocenters. The van der Waals surface area contributed by atoms with Crippen LogP contribution in [0.4, 0.5) is 4.39 Å². The molecule has 0 unspecified atom stereocenters. The minimum Gasteiger partial charge on any atom is -0.324 e. The van der Waals surface area contributed by atoms with Crippen LogP contribution in [0.25, 0.3) is 21.9 Å². The highest BCUT2D eigenvalue weighted by Gasteiger charge is 2.08. The summed E-state index contributed by atoms with van der Waals surface area (Å²) in [7, 11) is 0. The first-order valence-electron chi connectivity index (χ1n) is 5.37. The Balaban J connectivity index is 2.49. The quantitative estimate of drug-likeness (QED) is 0.627. The van der Waals surface area contributed by atoms with Crippen LogP contribution in [0, 0.1) is 5.82 Å². The van der Waals surface area contributed by atoms with Crippen molar-refractivity contribution in [3.05, 3.63) is 46.3 Å². The number of benzene rings is 1. The summed E-state index contributed by atoms with van der Waals surface area (Å²) >= 11 is 0. The lowest BCUT2D eigenvalue weighted by Crippen LogP contribution is -2.15. The summed E-state index contributed by atoms with van der Waals surface area (Å²) in [6, 6.07) is 6.16. The van der Waals surface area contributed by atoms with Crippen molar-refractivity contribution in [3.8, 4) is 0 Å². The van der Waals surface area contributed by atoms with Crippen LogP contribution in [0.5, 0.6) is 0 Å². The molecule has 0 amide bonds. The van der Waals surface area contributed by atoms with Gasteiger partial charge in [-0.05, 0) is 12.1 Å². The van der Waals surface area contributed by atoms with E-state index in [4.69, 9.17) is 5.73 Å². The smallest absolute Gasteiger partial charge is 0.260 e. The Kier molecular flexibility index (Phi) is 2.31. The maximum Gasteiger partial charge on any atom is 0.260 e. The molecule has 0 radical (unpaired) electrons. The zero-order chi connectivity index (χ0) is 12.7. The number of halogens is 1. The zero-order valence-electron chi connectivity index (χ0n) is 9.27. The summed E-state index contributed by atoms with van der Waals surface area (Å²) in [5.74, 6) is -0.110. The van der Waals surface area contributed by atoms with E-state index in [9.17, 15) is 9.18 Å². The van der Waals surface area contributed by atoms with E-state index in [1.54, 1.807) is 18.2 Å². The average Bonchev–Trinajstić information content (AvgIpc) is 2.38. The third-order valence-corrected chi connectivity index (χ3v) is 2.71. The van der Waals surface area contributed by atoms with Crippen molar-refractivity contribution in [2.45, 2.75) is 6.54 Å². The number of fused-ring (bicyclic) bond motifs is 2. The second-order valence-corrected chi connectivity index (χ2v) is 3.89. The van der Waals surface area contributed by atoms with E-state index in [-0.39, 0.29) is 23.3 Å². The Hall–Kier alpha value is -2.34. The summed E-state index contributed by atoms with van der Waals surface area (Å²) in [6.07, 6.45) is 0. The monoisotopic (exact) mass is 244 g/mol. The minimum absolute atomic E-state index is 0.0994.